The number of hydrogen-bond donors (Lipinski definition) is 0. The van der Waals surface area contributed by atoms with Crippen LogP contribution < -0.4 is 18.9 Å². The molecule has 0 heterocycles. The second-order valence-electron chi connectivity index (χ2n) is 10.5. The van der Waals surface area contributed by atoms with Gasteiger partial charge in [-0.05, 0) is 60.4 Å². The molecule has 4 heteroatoms. The number of terminal acetylenes is 2. The third-order valence-electron chi connectivity index (χ3n) is 6.97. The quantitative estimate of drug-likeness (QED) is 0.0745. The van der Waals surface area contributed by atoms with Gasteiger partial charge >= 0.3 is 0 Å². The summed E-state index contributed by atoms with van der Waals surface area (Å²) in [6.07, 6.45) is 28.1. The van der Waals surface area contributed by atoms with Crippen molar-refractivity contribution in [3.05, 3.63) is 82.9 Å². The van der Waals surface area contributed by atoms with Crippen molar-refractivity contribution in [2.75, 3.05) is 26.4 Å². The van der Waals surface area contributed by atoms with Crippen molar-refractivity contribution < 1.29 is 18.9 Å². The zero-order valence-electron chi connectivity index (χ0n) is 26.4. The lowest BCUT2D eigenvalue weighted by Gasteiger charge is -2.15. The summed E-state index contributed by atoms with van der Waals surface area (Å²) in [6.45, 7) is 6.28. The molecule has 0 N–H and O–H groups in total. The van der Waals surface area contributed by atoms with Gasteiger partial charge in [-0.1, -0.05) is 113 Å². The van der Waals surface area contributed by atoms with E-state index in [0.717, 1.165) is 70.9 Å². The first-order chi connectivity index (χ1) is 21.7. The standard InChI is InChI=1S/C40H46O4/c1-5-9-11-13-29-43-39-31-36(22-16-34-19-25-38(26-20-34)42-28-8-4)40(44-30-14-12-10-6-2)32-35(39)21-15-33-17-23-37(24-18-33)41-27-7-3/h3-4,15-26,31-32H,5-6,9-14,27-30H2,1-2H3/b21-15+,22-16+. The molecule has 0 aromatic heterocycles. The molecule has 3 aromatic carbocycles. The highest BCUT2D eigenvalue weighted by atomic mass is 16.5. The molecular formula is C40H46O4. The fourth-order valence-corrected chi connectivity index (χ4v) is 4.50. The highest BCUT2D eigenvalue weighted by Crippen LogP contribution is 2.33. The Bertz CT molecular complexity index is 1280. The summed E-state index contributed by atoms with van der Waals surface area (Å²) in [7, 11) is 0. The largest absolute Gasteiger partial charge is 0.493 e. The highest BCUT2D eigenvalue weighted by Gasteiger charge is 2.11. The van der Waals surface area contributed by atoms with Crippen molar-refractivity contribution in [1.29, 1.82) is 0 Å². The van der Waals surface area contributed by atoms with Crippen molar-refractivity contribution in [2.24, 2.45) is 0 Å². The lowest BCUT2D eigenvalue weighted by molar-refractivity contribution is 0.296. The molecule has 0 bridgehead atoms. The van der Waals surface area contributed by atoms with Crippen LogP contribution in [0.25, 0.3) is 24.3 Å². The minimum Gasteiger partial charge on any atom is -0.493 e. The van der Waals surface area contributed by atoms with Crippen LogP contribution in [0.2, 0.25) is 0 Å². The van der Waals surface area contributed by atoms with Crippen LogP contribution in [0.3, 0.4) is 0 Å². The minimum atomic E-state index is 0.252. The molecule has 0 aliphatic rings. The molecule has 0 fully saturated rings. The molecule has 0 unspecified atom stereocenters. The van der Waals surface area contributed by atoms with Crippen molar-refractivity contribution in [3.8, 4) is 47.7 Å². The minimum absolute atomic E-state index is 0.252. The average Bonchev–Trinajstić information content (AvgIpc) is 3.06. The summed E-state index contributed by atoms with van der Waals surface area (Å²) in [6, 6.07) is 19.9. The van der Waals surface area contributed by atoms with E-state index in [2.05, 4.69) is 62.1 Å². The Labute approximate surface area is 265 Å². The van der Waals surface area contributed by atoms with Crippen molar-refractivity contribution in [1.82, 2.24) is 0 Å². The third-order valence-corrected chi connectivity index (χ3v) is 6.97. The number of ether oxygens (including phenoxy) is 4. The van der Waals surface area contributed by atoms with E-state index in [1.165, 1.54) is 25.7 Å². The van der Waals surface area contributed by atoms with E-state index in [1.54, 1.807) is 0 Å². The van der Waals surface area contributed by atoms with Crippen LogP contribution in [0.4, 0.5) is 0 Å². The number of unbranched alkanes of at least 4 members (excludes halogenated alkanes) is 6. The van der Waals surface area contributed by atoms with Gasteiger partial charge < -0.3 is 18.9 Å². The van der Waals surface area contributed by atoms with Gasteiger partial charge in [-0.15, -0.1) is 12.8 Å². The fourth-order valence-electron chi connectivity index (χ4n) is 4.50. The lowest BCUT2D eigenvalue weighted by Crippen LogP contribution is -2.03. The van der Waals surface area contributed by atoms with Crippen molar-refractivity contribution >= 4 is 24.3 Å². The maximum absolute atomic E-state index is 6.38. The van der Waals surface area contributed by atoms with Crippen LogP contribution in [0.1, 0.15) is 87.5 Å². The topological polar surface area (TPSA) is 36.9 Å². The van der Waals surface area contributed by atoms with E-state index in [9.17, 15) is 0 Å². The summed E-state index contributed by atoms with van der Waals surface area (Å²) in [5.74, 6) is 8.16. The zero-order valence-corrected chi connectivity index (χ0v) is 26.4. The van der Waals surface area contributed by atoms with Gasteiger partial charge in [0.25, 0.3) is 0 Å². The van der Waals surface area contributed by atoms with Gasteiger partial charge in [0.1, 0.15) is 36.2 Å². The van der Waals surface area contributed by atoms with Crippen LogP contribution in [0.15, 0.2) is 60.7 Å². The van der Waals surface area contributed by atoms with Gasteiger partial charge in [-0.2, -0.15) is 0 Å². The van der Waals surface area contributed by atoms with E-state index < -0.39 is 0 Å². The molecule has 3 rings (SSSR count). The zero-order chi connectivity index (χ0) is 31.2. The predicted octanol–water partition coefficient (Wildman–Crippen LogP) is 9.97. The van der Waals surface area contributed by atoms with Crippen LogP contribution in [-0.2, 0) is 0 Å². The SMILES string of the molecule is C#CCOc1ccc(/C=C/c2cc(OCCCCCC)c(/C=C/c3ccc(OCC#C)cc3)cc2OCCCCCC)cc1. The Morgan fingerprint density at radius 1 is 0.523 bits per heavy atom. The first-order valence-corrected chi connectivity index (χ1v) is 15.8. The molecule has 3 aromatic rings. The van der Waals surface area contributed by atoms with Gasteiger partial charge in [-0.25, -0.2) is 0 Å². The molecule has 0 saturated carbocycles. The summed E-state index contributed by atoms with van der Waals surface area (Å²) in [5, 5.41) is 0. The van der Waals surface area contributed by atoms with Crippen molar-refractivity contribution in [3.63, 3.8) is 0 Å². The van der Waals surface area contributed by atoms with E-state index in [-0.39, 0.29) is 13.2 Å². The normalized spacial score (nSPS) is 10.9. The summed E-state index contributed by atoms with van der Waals surface area (Å²) in [5.41, 5.74) is 4.05. The smallest absolute Gasteiger partial charge is 0.148 e. The summed E-state index contributed by atoms with van der Waals surface area (Å²) < 4.78 is 23.8. The molecule has 0 spiro atoms. The van der Waals surface area contributed by atoms with Gasteiger partial charge in [0, 0.05) is 11.1 Å². The summed E-state index contributed by atoms with van der Waals surface area (Å²) >= 11 is 0. The van der Waals surface area contributed by atoms with Gasteiger partial charge in [0.05, 0.1) is 13.2 Å². The average molecular weight is 591 g/mol. The molecule has 230 valence electrons. The monoisotopic (exact) mass is 590 g/mol. The van der Waals surface area contributed by atoms with Gasteiger partial charge in [0.15, 0.2) is 0 Å². The molecule has 0 aliphatic carbocycles. The van der Waals surface area contributed by atoms with E-state index >= 15 is 0 Å². The van der Waals surface area contributed by atoms with E-state index in [4.69, 9.17) is 31.8 Å². The maximum Gasteiger partial charge on any atom is 0.148 e. The molecular weight excluding hydrogens is 544 g/mol. The number of hydrogen-bond acceptors (Lipinski definition) is 4. The Morgan fingerprint density at radius 2 is 0.932 bits per heavy atom. The van der Waals surface area contributed by atoms with E-state index in [0.29, 0.717) is 13.2 Å². The first-order valence-electron chi connectivity index (χ1n) is 15.8. The second kappa shape index (κ2) is 20.4. The Balaban J connectivity index is 1.90. The fraction of sp³-hybridized carbons (Fsp3) is 0.350. The molecule has 0 atom stereocenters. The van der Waals surface area contributed by atoms with Gasteiger partial charge in [-0.3, -0.25) is 0 Å². The lowest BCUT2D eigenvalue weighted by atomic mass is 10.0. The van der Waals surface area contributed by atoms with Crippen LogP contribution >= 0.6 is 0 Å². The highest BCUT2D eigenvalue weighted by molar-refractivity contribution is 5.79. The molecule has 4 nitrogen and oxygen atoms in total. The van der Waals surface area contributed by atoms with Crippen LogP contribution in [0, 0.1) is 24.7 Å². The Kier molecular flexibility index (Phi) is 15.7. The Morgan fingerprint density at radius 3 is 1.30 bits per heavy atom. The molecule has 44 heavy (non-hydrogen) atoms. The van der Waals surface area contributed by atoms with Crippen molar-refractivity contribution in [2.45, 2.75) is 65.2 Å². The first kappa shape index (κ1) is 34.0. The second-order valence-corrected chi connectivity index (χ2v) is 10.5. The van der Waals surface area contributed by atoms with Gasteiger partial charge in [0.2, 0.25) is 0 Å². The molecule has 0 saturated heterocycles. The summed E-state index contributed by atoms with van der Waals surface area (Å²) in [4.78, 5) is 0. The predicted molar refractivity (Wildman–Crippen MR) is 185 cm³/mol. The van der Waals surface area contributed by atoms with E-state index in [1.807, 2.05) is 48.5 Å². The van der Waals surface area contributed by atoms with Crippen LogP contribution in [-0.4, -0.2) is 26.4 Å². The van der Waals surface area contributed by atoms with Crippen LogP contribution in [0.5, 0.6) is 23.0 Å². The third kappa shape index (κ3) is 12.4. The number of benzene rings is 3. The molecule has 0 aliphatic heterocycles. The Hall–Kier alpha value is -4.54. The number of rotatable bonds is 20. The maximum atomic E-state index is 6.38. The molecule has 0 radical (unpaired) electrons. The molecule has 0 amide bonds.